The normalized spacial score (nSPS) is 14.4. The number of hydrogen-bond donors (Lipinski definition) is 1. The molecule has 1 aliphatic rings. The lowest BCUT2D eigenvalue weighted by Gasteiger charge is -2.29. The minimum absolute atomic E-state index is 0.0436. The number of hydrogen-bond acceptors (Lipinski definition) is 5. The number of carbonyl (C=O) groups excluding carboxylic acids is 1. The van der Waals surface area contributed by atoms with E-state index in [1.807, 2.05) is 42.5 Å². The summed E-state index contributed by atoms with van der Waals surface area (Å²) in [5.41, 5.74) is 2.41. The second kappa shape index (κ2) is 7.12. The van der Waals surface area contributed by atoms with Crippen molar-refractivity contribution in [1.29, 1.82) is 0 Å². The van der Waals surface area contributed by atoms with Crippen LogP contribution < -0.4 is 10.2 Å². The predicted molar refractivity (Wildman–Crippen MR) is 105 cm³/mol. The van der Waals surface area contributed by atoms with Gasteiger partial charge in [-0.25, -0.2) is 4.98 Å². The van der Waals surface area contributed by atoms with Gasteiger partial charge in [-0.05, 0) is 50.5 Å². The highest BCUT2D eigenvalue weighted by Gasteiger charge is 2.17. The third-order valence-electron chi connectivity index (χ3n) is 4.76. The molecule has 2 heterocycles. The third-order valence-corrected chi connectivity index (χ3v) is 4.76. The number of piperidine rings is 1. The molecular weight excluding hydrogens is 324 g/mol. The average Bonchev–Trinajstić information content (AvgIpc) is 2.68. The van der Waals surface area contributed by atoms with E-state index in [4.69, 9.17) is 4.98 Å². The summed E-state index contributed by atoms with van der Waals surface area (Å²) in [6.45, 7) is 3.63. The Kier molecular flexibility index (Phi) is 4.52. The topological polar surface area (TPSA) is 58.1 Å². The Labute approximate surface area is 153 Å². The predicted octanol–water partition coefficient (Wildman–Crippen LogP) is 4.57. The van der Waals surface area contributed by atoms with Crippen molar-refractivity contribution in [2.45, 2.75) is 26.2 Å². The fourth-order valence-corrected chi connectivity index (χ4v) is 3.41. The highest BCUT2D eigenvalue weighted by molar-refractivity contribution is 5.95. The number of ketones is 1. The first-order valence-corrected chi connectivity index (χ1v) is 9.10. The molecule has 5 nitrogen and oxygen atoms in total. The maximum Gasteiger partial charge on any atom is 0.229 e. The van der Waals surface area contributed by atoms with Gasteiger partial charge in [0.05, 0.1) is 5.52 Å². The Bertz CT molecular complexity index is 948. The van der Waals surface area contributed by atoms with E-state index < -0.39 is 0 Å². The molecule has 132 valence electrons. The maximum absolute atomic E-state index is 11.6. The molecule has 0 radical (unpaired) electrons. The van der Waals surface area contributed by atoms with Crippen LogP contribution in [0.1, 0.15) is 36.5 Å². The molecule has 0 saturated carbocycles. The van der Waals surface area contributed by atoms with Gasteiger partial charge in [0, 0.05) is 29.7 Å². The molecule has 1 aromatic heterocycles. The summed E-state index contributed by atoms with van der Waals surface area (Å²) < 4.78 is 0. The van der Waals surface area contributed by atoms with Crippen LogP contribution in [0.2, 0.25) is 0 Å². The van der Waals surface area contributed by atoms with Crippen molar-refractivity contribution in [1.82, 2.24) is 9.97 Å². The number of anilines is 3. The molecule has 5 heteroatoms. The van der Waals surface area contributed by atoms with Crippen LogP contribution in [0.25, 0.3) is 10.9 Å². The van der Waals surface area contributed by atoms with Gasteiger partial charge in [0.2, 0.25) is 5.95 Å². The number of benzene rings is 2. The van der Waals surface area contributed by atoms with E-state index in [2.05, 4.69) is 21.3 Å². The van der Waals surface area contributed by atoms with E-state index in [1.54, 1.807) is 6.92 Å². The molecule has 1 N–H and O–H groups in total. The van der Waals surface area contributed by atoms with Gasteiger partial charge in [-0.15, -0.1) is 0 Å². The number of rotatable bonds is 4. The van der Waals surface area contributed by atoms with E-state index in [-0.39, 0.29) is 5.78 Å². The molecule has 0 spiro atoms. The van der Waals surface area contributed by atoms with Crippen LogP contribution in [0.5, 0.6) is 0 Å². The Balaban J connectivity index is 1.73. The van der Waals surface area contributed by atoms with Crippen LogP contribution in [0, 0.1) is 0 Å². The Hall–Kier alpha value is -2.95. The van der Waals surface area contributed by atoms with Crippen LogP contribution in [0.3, 0.4) is 0 Å². The Morgan fingerprint density at radius 2 is 1.81 bits per heavy atom. The molecule has 0 amide bonds. The summed E-state index contributed by atoms with van der Waals surface area (Å²) in [5, 5.41) is 4.35. The SMILES string of the molecule is CC(=O)c1cccc(Nc2nc(N3CCCCC3)c3ccccc3n2)c1. The smallest absolute Gasteiger partial charge is 0.229 e. The number of aromatic nitrogens is 2. The van der Waals surface area contributed by atoms with Crippen molar-refractivity contribution in [3.63, 3.8) is 0 Å². The summed E-state index contributed by atoms with van der Waals surface area (Å²) in [7, 11) is 0. The third kappa shape index (κ3) is 3.38. The summed E-state index contributed by atoms with van der Waals surface area (Å²) in [4.78, 5) is 23.5. The lowest BCUT2D eigenvalue weighted by Crippen LogP contribution is -2.30. The first-order chi connectivity index (χ1) is 12.7. The fourth-order valence-electron chi connectivity index (χ4n) is 3.41. The number of nitrogens with one attached hydrogen (secondary N) is 1. The number of para-hydroxylation sites is 1. The van der Waals surface area contributed by atoms with Crippen LogP contribution in [-0.4, -0.2) is 28.8 Å². The van der Waals surface area contributed by atoms with E-state index in [1.165, 1.54) is 19.3 Å². The van der Waals surface area contributed by atoms with Crippen LogP contribution in [0.4, 0.5) is 17.5 Å². The molecular formula is C21H22N4O. The Morgan fingerprint density at radius 3 is 2.62 bits per heavy atom. The molecule has 1 saturated heterocycles. The quantitative estimate of drug-likeness (QED) is 0.702. The van der Waals surface area contributed by atoms with Gasteiger partial charge in [-0.1, -0.05) is 24.3 Å². The van der Waals surface area contributed by atoms with Crippen LogP contribution in [0.15, 0.2) is 48.5 Å². The fraction of sp³-hybridized carbons (Fsp3) is 0.286. The minimum Gasteiger partial charge on any atom is -0.356 e. The van der Waals surface area contributed by atoms with Crippen molar-refractivity contribution in [2.24, 2.45) is 0 Å². The van der Waals surface area contributed by atoms with E-state index in [0.717, 1.165) is 35.5 Å². The number of fused-ring (bicyclic) bond motifs is 1. The van der Waals surface area contributed by atoms with E-state index in [0.29, 0.717) is 11.5 Å². The van der Waals surface area contributed by atoms with Gasteiger partial charge >= 0.3 is 0 Å². The minimum atomic E-state index is 0.0436. The van der Waals surface area contributed by atoms with Gasteiger partial charge in [-0.3, -0.25) is 4.79 Å². The standard InChI is InChI=1S/C21H22N4O/c1-15(26)16-8-7-9-17(14-16)22-21-23-19-11-4-3-10-18(19)20(24-21)25-12-5-2-6-13-25/h3-4,7-11,14H,2,5-6,12-13H2,1H3,(H,22,23,24). The van der Waals surface area contributed by atoms with Crippen molar-refractivity contribution >= 4 is 34.1 Å². The van der Waals surface area contributed by atoms with E-state index >= 15 is 0 Å². The van der Waals surface area contributed by atoms with Gasteiger partial charge in [-0.2, -0.15) is 4.98 Å². The van der Waals surface area contributed by atoms with Crippen LogP contribution >= 0.6 is 0 Å². The van der Waals surface area contributed by atoms with Crippen molar-refractivity contribution < 1.29 is 4.79 Å². The zero-order chi connectivity index (χ0) is 17.9. The maximum atomic E-state index is 11.6. The zero-order valence-electron chi connectivity index (χ0n) is 14.9. The molecule has 0 unspecified atom stereocenters. The van der Waals surface area contributed by atoms with Gasteiger partial charge in [0.25, 0.3) is 0 Å². The zero-order valence-corrected chi connectivity index (χ0v) is 14.9. The molecule has 4 rings (SSSR count). The monoisotopic (exact) mass is 346 g/mol. The van der Waals surface area contributed by atoms with E-state index in [9.17, 15) is 4.79 Å². The van der Waals surface area contributed by atoms with Crippen molar-refractivity contribution in [3.8, 4) is 0 Å². The summed E-state index contributed by atoms with van der Waals surface area (Å²) >= 11 is 0. The second-order valence-corrected chi connectivity index (χ2v) is 6.70. The molecule has 0 atom stereocenters. The largest absolute Gasteiger partial charge is 0.356 e. The van der Waals surface area contributed by atoms with Gasteiger partial charge in [0.15, 0.2) is 5.78 Å². The molecule has 26 heavy (non-hydrogen) atoms. The number of carbonyl (C=O) groups is 1. The second-order valence-electron chi connectivity index (χ2n) is 6.70. The first-order valence-electron chi connectivity index (χ1n) is 9.10. The summed E-state index contributed by atoms with van der Waals surface area (Å²) in [6.07, 6.45) is 3.67. The summed E-state index contributed by atoms with van der Waals surface area (Å²) in [5.74, 6) is 1.59. The molecule has 2 aromatic carbocycles. The van der Waals surface area contributed by atoms with Crippen molar-refractivity contribution in [3.05, 3.63) is 54.1 Å². The lowest BCUT2D eigenvalue weighted by molar-refractivity contribution is 0.101. The molecule has 0 aliphatic carbocycles. The summed E-state index contributed by atoms with van der Waals surface area (Å²) in [6, 6.07) is 15.6. The first kappa shape index (κ1) is 16.5. The molecule has 1 aliphatic heterocycles. The highest BCUT2D eigenvalue weighted by Crippen LogP contribution is 2.28. The van der Waals surface area contributed by atoms with Crippen LogP contribution in [-0.2, 0) is 0 Å². The molecule has 3 aromatic rings. The number of Topliss-reactive ketones (excluding diaryl/α,β-unsaturated/α-hetero) is 1. The lowest BCUT2D eigenvalue weighted by atomic mass is 10.1. The van der Waals surface area contributed by atoms with Gasteiger partial charge < -0.3 is 10.2 Å². The van der Waals surface area contributed by atoms with Crippen molar-refractivity contribution in [2.75, 3.05) is 23.3 Å². The molecule has 1 fully saturated rings. The van der Waals surface area contributed by atoms with Gasteiger partial charge in [0.1, 0.15) is 5.82 Å². The highest BCUT2D eigenvalue weighted by atomic mass is 16.1. The Morgan fingerprint density at radius 1 is 1.00 bits per heavy atom. The molecule has 0 bridgehead atoms. The average molecular weight is 346 g/mol. The number of nitrogens with zero attached hydrogens (tertiary/aromatic N) is 3.